The summed E-state index contributed by atoms with van der Waals surface area (Å²) in [5, 5.41) is 0. The zero-order valence-corrected chi connectivity index (χ0v) is 8.61. The van der Waals surface area contributed by atoms with Gasteiger partial charge in [-0.3, -0.25) is 4.79 Å². The van der Waals surface area contributed by atoms with Gasteiger partial charge in [-0.1, -0.05) is 24.3 Å². The molecule has 1 fully saturated rings. The second kappa shape index (κ2) is 4.55. The summed E-state index contributed by atoms with van der Waals surface area (Å²) < 4.78 is 5.34. The van der Waals surface area contributed by atoms with Gasteiger partial charge in [-0.15, -0.1) is 0 Å². The van der Waals surface area contributed by atoms with Crippen LogP contribution in [0.2, 0.25) is 0 Å². The maximum absolute atomic E-state index is 11.6. The van der Waals surface area contributed by atoms with E-state index in [4.69, 9.17) is 10.5 Å². The first-order valence-corrected chi connectivity index (χ1v) is 5.23. The van der Waals surface area contributed by atoms with Crippen molar-refractivity contribution in [3.8, 4) is 0 Å². The molecule has 0 aromatic heterocycles. The number of rotatable bonds is 3. The lowest BCUT2D eigenvalue weighted by atomic mass is 9.92. The Labute approximate surface area is 89.2 Å². The predicted octanol–water partition coefficient (Wildman–Crippen LogP) is 1.33. The monoisotopic (exact) mass is 205 g/mol. The Morgan fingerprint density at radius 1 is 1.47 bits per heavy atom. The van der Waals surface area contributed by atoms with Crippen LogP contribution in [0.25, 0.3) is 0 Å². The number of carbonyl (C=O) groups excluding carboxylic acids is 1. The SMILES string of the molecule is NCC(=O)c1ccccc1C1CCOC1. The second-order valence-electron chi connectivity index (χ2n) is 3.78. The van der Waals surface area contributed by atoms with Gasteiger partial charge in [0.15, 0.2) is 5.78 Å². The molecule has 3 nitrogen and oxygen atoms in total. The van der Waals surface area contributed by atoms with E-state index in [1.54, 1.807) is 0 Å². The molecule has 1 aliphatic rings. The maximum atomic E-state index is 11.6. The average Bonchev–Trinajstić information content (AvgIpc) is 2.81. The Balaban J connectivity index is 2.32. The van der Waals surface area contributed by atoms with Crippen molar-refractivity contribution in [3.05, 3.63) is 35.4 Å². The van der Waals surface area contributed by atoms with E-state index in [2.05, 4.69) is 0 Å². The van der Waals surface area contributed by atoms with E-state index < -0.39 is 0 Å². The fourth-order valence-electron chi connectivity index (χ4n) is 2.00. The number of nitrogens with two attached hydrogens (primary N) is 1. The van der Waals surface area contributed by atoms with E-state index in [0.717, 1.165) is 30.8 Å². The van der Waals surface area contributed by atoms with Crippen LogP contribution in [0, 0.1) is 0 Å². The van der Waals surface area contributed by atoms with Crippen LogP contribution in [0.5, 0.6) is 0 Å². The Morgan fingerprint density at radius 3 is 2.93 bits per heavy atom. The fraction of sp³-hybridized carbons (Fsp3) is 0.417. The fourth-order valence-corrected chi connectivity index (χ4v) is 2.00. The predicted molar refractivity (Wildman–Crippen MR) is 58.0 cm³/mol. The van der Waals surface area contributed by atoms with Gasteiger partial charge in [0.05, 0.1) is 13.2 Å². The van der Waals surface area contributed by atoms with E-state index in [0.29, 0.717) is 5.92 Å². The molecular weight excluding hydrogens is 190 g/mol. The topological polar surface area (TPSA) is 52.3 Å². The van der Waals surface area contributed by atoms with Crippen molar-refractivity contribution in [1.82, 2.24) is 0 Å². The second-order valence-corrected chi connectivity index (χ2v) is 3.78. The van der Waals surface area contributed by atoms with Crippen LogP contribution in [0.1, 0.15) is 28.3 Å². The maximum Gasteiger partial charge on any atom is 0.176 e. The van der Waals surface area contributed by atoms with Gasteiger partial charge in [0.25, 0.3) is 0 Å². The van der Waals surface area contributed by atoms with Crippen LogP contribution in [0.15, 0.2) is 24.3 Å². The molecule has 15 heavy (non-hydrogen) atoms. The molecule has 1 aromatic rings. The molecule has 1 unspecified atom stereocenters. The van der Waals surface area contributed by atoms with Gasteiger partial charge in [0, 0.05) is 18.1 Å². The van der Waals surface area contributed by atoms with Gasteiger partial charge >= 0.3 is 0 Å². The first-order chi connectivity index (χ1) is 7.33. The van der Waals surface area contributed by atoms with Crippen LogP contribution >= 0.6 is 0 Å². The summed E-state index contributed by atoms with van der Waals surface area (Å²) >= 11 is 0. The molecule has 1 heterocycles. The molecule has 3 heteroatoms. The zero-order valence-electron chi connectivity index (χ0n) is 8.61. The van der Waals surface area contributed by atoms with E-state index in [1.807, 2.05) is 24.3 Å². The molecule has 1 aliphatic heterocycles. The van der Waals surface area contributed by atoms with Crippen molar-refractivity contribution in [2.75, 3.05) is 19.8 Å². The van der Waals surface area contributed by atoms with Gasteiger partial charge in [-0.25, -0.2) is 0 Å². The highest BCUT2D eigenvalue weighted by Crippen LogP contribution is 2.27. The molecule has 0 radical (unpaired) electrons. The highest BCUT2D eigenvalue weighted by atomic mass is 16.5. The van der Waals surface area contributed by atoms with Crippen molar-refractivity contribution in [2.45, 2.75) is 12.3 Å². The molecule has 0 amide bonds. The first kappa shape index (κ1) is 10.3. The zero-order chi connectivity index (χ0) is 10.7. The Hall–Kier alpha value is -1.19. The van der Waals surface area contributed by atoms with Crippen LogP contribution in [-0.4, -0.2) is 25.5 Å². The smallest absolute Gasteiger partial charge is 0.176 e. The van der Waals surface area contributed by atoms with Crippen molar-refractivity contribution in [1.29, 1.82) is 0 Å². The van der Waals surface area contributed by atoms with E-state index in [-0.39, 0.29) is 12.3 Å². The van der Waals surface area contributed by atoms with Gasteiger partial charge in [-0.2, -0.15) is 0 Å². The number of carbonyl (C=O) groups is 1. The minimum Gasteiger partial charge on any atom is -0.381 e. The lowest BCUT2D eigenvalue weighted by molar-refractivity contribution is 0.1000. The Morgan fingerprint density at radius 2 is 2.27 bits per heavy atom. The summed E-state index contributed by atoms with van der Waals surface area (Å²) in [7, 11) is 0. The standard InChI is InChI=1S/C12H15NO2/c13-7-12(14)11-4-2-1-3-10(11)9-5-6-15-8-9/h1-4,9H,5-8,13H2. The summed E-state index contributed by atoms with van der Waals surface area (Å²) in [6.07, 6.45) is 0.995. The third kappa shape index (κ3) is 2.08. The first-order valence-electron chi connectivity index (χ1n) is 5.23. The molecule has 1 aromatic carbocycles. The normalized spacial score (nSPS) is 20.5. The van der Waals surface area contributed by atoms with E-state index >= 15 is 0 Å². The Kier molecular flexibility index (Phi) is 3.14. The molecule has 1 saturated heterocycles. The molecule has 1 atom stereocenters. The number of ether oxygens (including phenoxy) is 1. The summed E-state index contributed by atoms with van der Waals surface area (Å²) in [5.74, 6) is 0.370. The molecule has 0 bridgehead atoms. The summed E-state index contributed by atoms with van der Waals surface area (Å²) in [5.41, 5.74) is 7.24. The van der Waals surface area contributed by atoms with Crippen LogP contribution < -0.4 is 5.73 Å². The number of Topliss-reactive ketones (excluding diaryl/α,β-unsaturated/α-hetero) is 1. The summed E-state index contributed by atoms with van der Waals surface area (Å²) in [6.45, 7) is 1.58. The lowest BCUT2D eigenvalue weighted by Gasteiger charge is -2.12. The minimum absolute atomic E-state index is 0.0116. The summed E-state index contributed by atoms with van der Waals surface area (Å²) in [6, 6.07) is 7.69. The van der Waals surface area contributed by atoms with Gasteiger partial charge in [0.2, 0.25) is 0 Å². The molecule has 0 spiro atoms. The van der Waals surface area contributed by atoms with E-state index in [9.17, 15) is 4.79 Å². The highest BCUT2D eigenvalue weighted by molar-refractivity contribution is 5.99. The van der Waals surface area contributed by atoms with Gasteiger partial charge in [0.1, 0.15) is 0 Å². The molecule has 80 valence electrons. The van der Waals surface area contributed by atoms with Crippen molar-refractivity contribution in [2.24, 2.45) is 5.73 Å². The Bertz CT molecular complexity index is 356. The van der Waals surface area contributed by atoms with Crippen LogP contribution in [0.3, 0.4) is 0 Å². The van der Waals surface area contributed by atoms with Crippen molar-refractivity contribution < 1.29 is 9.53 Å². The number of hydrogen-bond donors (Lipinski definition) is 1. The van der Waals surface area contributed by atoms with Crippen LogP contribution in [0.4, 0.5) is 0 Å². The average molecular weight is 205 g/mol. The number of benzene rings is 1. The largest absolute Gasteiger partial charge is 0.381 e. The quantitative estimate of drug-likeness (QED) is 0.757. The number of ketones is 1. The van der Waals surface area contributed by atoms with Crippen molar-refractivity contribution in [3.63, 3.8) is 0 Å². The molecular formula is C12H15NO2. The molecule has 2 N–H and O–H groups in total. The van der Waals surface area contributed by atoms with Gasteiger partial charge < -0.3 is 10.5 Å². The van der Waals surface area contributed by atoms with E-state index in [1.165, 1.54) is 0 Å². The minimum atomic E-state index is 0.0116. The molecule has 2 rings (SSSR count). The van der Waals surface area contributed by atoms with Gasteiger partial charge in [-0.05, 0) is 12.0 Å². The lowest BCUT2D eigenvalue weighted by Crippen LogP contribution is -2.16. The third-order valence-corrected chi connectivity index (χ3v) is 2.82. The third-order valence-electron chi connectivity index (χ3n) is 2.82. The molecule has 0 saturated carbocycles. The number of hydrogen-bond acceptors (Lipinski definition) is 3. The summed E-state index contributed by atoms with van der Waals surface area (Å²) in [4.78, 5) is 11.6. The molecule has 0 aliphatic carbocycles. The highest BCUT2D eigenvalue weighted by Gasteiger charge is 2.21. The van der Waals surface area contributed by atoms with Crippen molar-refractivity contribution >= 4 is 5.78 Å². The van der Waals surface area contributed by atoms with Crippen LogP contribution in [-0.2, 0) is 4.74 Å².